The summed E-state index contributed by atoms with van der Waals surface area (Å²) >= 11 is 1.24. The van der Waals surface area contributed by atoms with Gasteiger partial charge in [-0.15, -0.1) is 0 Å². The standard InChI is InChI=1S/C17H18N6O2S/c1-10-13(26-17(18)20-10)16(24)23-8-4-11(5-9-23)14-21-15(25-22-14)12-2-6-19-7-3-12/h2-3,6-7,11H,4-5,8-9H2,1H3,(H2,18,20). The predicted molar refractivity (Wildman–Crippen MR) is 96.7 cm³/mol. The van der Waals surface area contributed by atoms with Gasteiger partial charge in [-0.3, -0.25) is 9.78 Å². The summed E-state index contributed by atoms with van der Waals surface area (Å²) in [6, 6.07) is 3.67. The van der Waals surface area contributed by atoms with Gasteiger partial charge >= 0.3 is 0 Å². The van der Waals surface area contributed by atoms with Crippen LogP contribution in [0.15, 0.2) is 29.0 Å². The van der Waals surface area contributed by atoms with E-state index in [1.54, 1.807) is 12.4 Å². The van der Waals surface area contributed by atoms with E-state index in [1.165, 1.54) is 11.3 Å². The summed E-state index contributed by atoms with van der Waals surface area (Å²) in [4.78, 5) is 27.8. The molecule has 0 spiro atoms. The topological polar surface area (TPSA) is 111 Å². The average Bonchev–Trinajstić information content (AvgIpc) is 3.29. The zero-order chi connectivity index (χ0) is 18.1. The Kier molecular flexibility index (Phi) is 4.37. The van der Waals surface area contributed by atoms with Crippen LogP contribution in [0.5, 0.6) is 0 Å². The molecule has 1 amide bonds. The number of nitrogens with two attached hydrogens (primary N) is 1. The van der Waals surface area contributed by atoms with Gasteiger partial charge < -0.3 is 15.2 Å². The van der Waals surface area contributed by atoms with E-state index in [1.807, 2.05) is 24.0 Å². The molecule has 1 saturated heterocycles. The third-order valence-corrected chi connectivity index (χ3v) is 5.50. The molecule has 3 aromatic heterocycles. The zero-order valence-electron chi connectivity index (χ0n) is 14.3. The second kappa shape index (κ2) is 6.83. The molecule has 1 aliphatic heterocycles. The van der Waals surface area contributed by atoms with Crippen LogP contribution in [0, 0.1) is 6.92 Å². The van der Waals surface area contributed by atoms with E-state index in [0.717, 1.165) is 18.4 Å². The van der Waals surface area contributed by atoms with Crippen molar-refractivity contribution in [3.05, 3.63) is 40.9 Å². The molecule has 26 heavy (non-hydrogen) atoms. The zero-order valence-corrected chi connectivity index (χ0v) is 15.1. The van der Waals surface area contributed by atoms with Gasteiger partial charge in [-0.05, 0) is 31.9 Å². The Morgan fingerprint density at radius 3 is 2.65 bits per heavy atom. The summed E-state index contributed by atoms with van der Waals surface area (Å²) in [5.41, 5.74) is 7.25. The summed E-state index contributed by atoms with van der Waals surface area (Å²) in [7, 11) is 0. The fourth-order valence-corrected chi connectivity index (χ4v) is 3.91. The number of rotatable bonds is 3. The normalized spacial score (nSPS) is 15.3. The molecule has 134 valence electrons. The van der Waals surface area contributed by atoms with Crippen molar-refractivity contribution in [3.8, 4) is 11.5 Å². The third kappa shape index (κ3) is 3.17. The first-order valence-electron chi connectivity index (χ1n) is 8.38. The van der Waals surface area contributed by atoms with Crippen molar-refractivity contribution < 1.29 is 9.32 Å². The van der Waals surface area contributed by atoms with E-state index in [2.05, 4.69) is 20.1 Å². The predicted octanol–water partition coefficient (Wildman–Crippen LogP) is 2.50. The maximum absolute atomic E-state index is 12.7. The number of anilines is 1. The summed E-state index contributed by atoms with van der Waals surface area (Å²) in [5, 5.41) is 4.55. The molecule has 4 heterocycles. The number of aryl methyl sites for hydroxylation is 1. The highest BCUT2D eigenvalue weighted by molar-refractivity contribution is 7.17. The summed E-state index contributed by atoms with van der Waals surface area (Å²) in [5.74, 6) is 1.38. The first kappa shape index (κ1) is 16.6. The molecule has 3 aromatic rings. The number of thiazole rings is 1. The van der Waals surface area contributed by atoms with E-state index < -0.39 is 0 Å². The fourth-order valence-electron chi connectivity index (χ4n) is 3.11. The number of nitrogens with zero attached hydrogens (tertiary/aromatic N) is 5. The average molecular weight is 370 g/mol. The van der Waals surface area contributed by atoms with Crippen molar-refractivity contribution in [2.45, 2.75) is 25.7 Å². The van der Waals surface area contributed by atoms with Crippen LogP contribution in [0.3, 0.4) is 0 Å². The van der Waals surface area contributed by atoms with Crippen LogP contribution in [0.25, 0.3) is 11.5 Å². The van der Waals surface area contributed by atoms with Gasteiger partial charge in [0.2, 0.25) is 0 Å². The number of hydrogen-bond acceptors (Lipinski definition) is 8. The van der Waals surface area contributed by atoms with Crippen LogP contribution in [-0.4, -0.2) is 44.0 Å². The number of aromatic nitrogens is 4. The lowest BCUT2D eigenvalue weighted by Gasteiger charge is -2.30. The first-order valence-corrected chi connectivity index (χ1v) is 9.19. The molecular formula is C17H18N6O2S. The van der Waals surface area contributed by atoms with E-state index >= 15 is 0 Å². The lowest BCUT2D eigenvalue weighted by Crippen LogP contribution is -2.38. The highest BCUT2D eigenvalue weighted by Crippen LogP contribution is 2.30. The summed E-state index contributed by atoms with van der Waals surface area (Å²) in [6.07, 6.45) is 4.98. The Bertz CT molecular complexity index is 914. The Morgan fingerprint density at radius 2 is 2.00 bits per heavy atom. The number of carbonyl (C=O) groups excluding carboxylic acids is 1. The molecule has 1 fully saturated rings. The molecule has 4 rings (SSSR count). The minimum Gasteiger partial charge on any atom is -0.375 e. The van der Waals surface area contributed by atoms with Crippen LogP contribution >= 0.6 is 11.3 Å². The van der Waals surface area contributed by atoms with Crippen molar-refractivity contribution in [2.24, 2.45) is 0 Å². The van der Waals surface area contributed by atoms with Gasteiger partial charge in [0.1, 0.15) is 4.88 Å². The number of amides is 1. The SMILES string of the molecule is Cc1nc(N)sc1C(=O)N1CCC(c2noc(-c3ccncc3)n2)CC1. The highest BCUT2D eigenvalue weighted by Gasteiger charge is 2.29. The van der Waals surface area contributed by atoms with E-state index in [-0.39, 0.29) is 11.8 Å². The van der Waals surface area contributed by atoms with E-state index in [4.69, 9.17) is 10.3 Å². The van der Waals surface area contributed by atoms with Gasteiger partial charge in [-0.25, -0.2) is 4.98 Å². The molecule has 2 N–H and O–H groups in total. The van der Waals surface area contributed by atoms with Crippen molar-refractivity contribution in [2.75, 3.05) is 18.8 Å². The molecule has 0 saturated carbocycles. The van der Waals surface area contributed by atoms with E-state index in [9.17, 15) is 4.79 Å². The maximum Gasteiger partial charge on any atom is 0.265 e. The fraction of sp³-hybridized carbons (Fsp3) is 0.353. The highest BCUT2D eigenvalue weighted by atomic mass is 32.1. The van der Waals surface area contributed by atoms with Crippen LogP contribution in [-0.2, 0) is 0 Å². The Balaban J connectivity index is 1.42. The van der Waals surface area contributed by atoms with Crippen LogP contribution in [0.2, 0.25) is 0 Å². The molecule has 8 nitrogen and oxygen atoms in total. The van der Waals surface area contributed by atoms with Gasteiger partial charge in [0.15, 0.2) is 11.0 Å². The lowest BCUT2D eigenvalue weighted by molar-refractivity contribution is 0.0714. The Labute approximate surface area is 154 Å². The van der Waals surface area contributed by atoms with Crippen LogP contribution in [0.4, 0.5) is 5.13 Å². The minimum atomic E-state index is 0.000682. The lowest BCUT2D eigenvalue weighted by atomic mass is 9.96. The van der Waals surface area contributed by atoms with Crippen LogP contribution in [0.1, 0.15) is 39.9 Å². The number of likely N-dealkylation sites (tertiary alicyclic amines) is 1. The first-order chi connectivity index (χ1) is 12.6. The quantitative estimate of drug-likeness (QED) is 0.754. The monoisotopic (exact) mass is 370 g/mol. The minimum absolute atomic E-state index is 0.000682. The summed E-state index contributed by atoms with van der Waals surface area (Å²) < 4.78 is 5.38. The molecule has 0 radical (unpaired) electrons. The van der Waals surface area contributed by atoms with Gasteiger partial charge in [0.05, 0.1) is 5.69 Å². The third-order valence-electron chi connectivity index (χ3n) is 4.52. The molecule has 1 aliphatic rings. The van der Waals surface area contributed by atoms with Gasteiger partial charge in [0.25, 0.3) is 11.8 Å². The number of hydrogen-bond donors (Lipinski definition) is 1. The maximum atomic E-state index is 12.7. The Morgan fingerprint density at radius 1 is 1.27 bits per heavy atom. The van der Waals surface area contributed by atoms with Crippen molar-refractivity contribution in [1.29, 1.82) is 0 Å². The second-order valence-electron chi connectivity index (χ2n) is 6.23. The number of pyridine rings is 1. The van der Waals surface area contributed by atoms with Gasteiger partial charge in [-0.2, -0.15) is 4.98 Å². The van der Waals surface area contributed by atoms with E-state index in [0.29, 0.717) is 40.5 Å². The van der Waals surface area contributed by atoms with Gasteiger partial charge in [0, 0.05) is 37.0 Å². The van der Waals surface area contributed by atoms with Crippen molar-refractivity contribution in [1.82, 2.24) is 25.0 Å². The molecule has 0 bridgehead atoms. The molecule has 0 atom stereocenters. The van der Waals surface area contributed by atoms with Crippen LogP contribution < -0.4 is 5.73 Å². The van der Waals surface area contributed by atoms with Gasteiger partial charge in [-0.1, -0.05) is 16.5 Å². The molecule has 0 aliphatic carbocycles. The smallest absolute Gasteiger partial charge is 0.265 e. The summed E-state index contributed by atoms with van der Waals surface area (Å²) in [6.45, 7) is 3.12. The van der Waals surface area contributed by atoms with Crippen molar-refractivity contribution in [3.63, 3.8) is 0 Å². The number of carbonyl (C=O) groups is 1. The largest absolute Gasteiger partial charge is 0.375 e. The second-order valence-corrected chi connectivity index (χ2v) is 7.26. The number of piperidine rings is 1. The van der Waals surface area contributed by atoms with Crippen molar-refractivity contribution >= 4 is 22.4 Å². The Hall–Kier alpha value is -2.81. The molecule has 9 heteroatoms. The number of nitrogen functional groups attached to an aromatic ring is 1. The molecule has 0 aromatic carbocycles. The molecule has 0 unspecified atom stereocenters. The molecular weight excluding hydrogens is 352 g/mol.